The van der Waals surface area contributed by atoms with E-state index >= 15 is 0 Å². The molecule has 21 heavy (non-hydrogen) atoms. The van der Waals surface area contributed by atoms with Crippen molar-refractivity contribution in [2.45, 2.75) is 0 Å². The Labute approximate surface area is 120 Å². The van der Waals surface area contributed by atoms with Crippen LogP contribution >= 0.6 is 0 Å². The molecule has 0 aliphatic heterocycles. The number of nitrogens with one attached hydrogen (secondary N) is 1. The minimum atomic E-state index is -0.792. The number of benzene rings is 1. The second-order valence-electron chi connectivity index (χ2n) is 3.83. The van der Waals surface area contributed by atoms with E-state index in [1.807, 2.05) is 0 Å². The second kappa shape index (κ2) is 6.77. The maximum absolute atomic E-state index is 11.2. The zero-order chi connectivity index (χ0) is 15.1. The van der Waals surface area contributed by atoms with E-state index in [2.05, 4.69) is 25.2 Å². The van der Waals surface area contributed by atoms with Crippen LogP contribution in [0.5, 0.6) is 0 Å². The summed E-state index contributed by atoms with van der Waals surface area (Å²) in [7, 11) is 1.18. The molecule has 0 aliphatic rings. The summed E-state index contributed by atoms with van der Waals surface area (Å²) in [5, 5.41) is 12.4. The summed E-state index contributed by atoms with van der Waals surface area (Å²) < 4.78 is 4.42. The molecular weight excluding hydrogens is 270 g/mol. The number of aromatic nitrogens is 2. The van der Waals surface area contributed by atoms with Crippen molar-refractivity contribution < 1.29 is 9.53 Å². The first-order chi connectivity index (χ1) is 10.2. The van der Waals surface area contributed by atoms with Gasteiger partial charge in [0.1, 0.15) is 6.07 Å². The summed E-state index contributed by atoms with van der Waals surface area (Å²) in [6.07, 6.45) is 3.32. The number of hydrogen-bond acceptors (Lipinski definition) is 7. The Bertz CT molecular complexity index is 690. The fourth-order valence-corrected chi connectivity index (χ4v) is 1.48. The number of nitriles is 1. The number of esters is 1. The van der Waals surface area contributed by atoms with Gasteiger partial charge in [-0.15, -0.1) is 0 Å². The molecule has 2 rings (SSSR count). The normalized spacial score (nSPS) is 10.6. The molecule has 0 bridgehead atoms. The first-order valence-electron chi connectivity index (χ1n) is 5.94. The SMILES string of the molecule is COC(=O)C(C#N)=NNc1ccc(-c2ncccn2)cc1. The maximum Gasteiger partial charge on any atom is 0.369 e. The van der Waals surface area contributed by atoms with Crippen molar-refractivity contribution in [1.82, 2.24) is 9.97 Å². The van der Waals surface area contributed by atoms with Crippen molar-refractivity contribution >= 4 is 17.4 Å². The molecule has 0 amide bonds. The van der Waals surface area contributed by atoms with Gasteiger partial charge in [-0.25, -0.2) is 14.8 Å². The second-order valence-corrected chi connectivity index (χ2v) is 3.83. The third-order valence-electron chi connectivity index (χ3n) is 2.49. The standard InChI is InChI=1S/C14H11N5O2/c1-21-14(20)12(9-15)19-18-11-5-3-10(4-6-11)13-16-7-2-8-17-13/h2-8,18H,1H3. The van der Waals surface area contributed by atoms with Gasteiger partial charge < -0.3 is 4.74 Å². The summed E-state index contributed by atoms with van der Waals surface area (Å²) in [5.41, 5.74) is 3.72. The van der Waals surface area contributed by atoms with Crippen molar-refractivity contribution in [1.29, 1.82) is 5.26 Å². The van der Waals surface area contributed by atoms with Gasteiger partial charge in [-0.2, -0.15) is 10.4 Å². The fraction of sp³-hybridized carbons (Fsp3) is 0.0714. The molecule has 2 aromatic rings. The van der Waals surface area contributed by atoms with Crippen LogP contribution in [0.4, 0.5) is 5.69 Å². The average molecular weight is 281 g/mol. The Kier molecular flexibility index (Phi) is 4.56. The van der Waals surface area contributed by atoms with Gasteiger partial charge >= 0.3 is 5.97 Å². The van der Waals surface area contributed by atoms with Crippen LogP contribution in [-0.4, -0.2) is 28.8 Å². The lowest BCUT2D eigenvalue weighted by molar-refractivity contribution is -0.132. The largest absolute Gasteiger partial charge is 0.464 e. The van der Waals surface area contributed by atoms with Gasteiger partial charge in [0.05, 0.1) is 12.8 Å². The van der Waals surface area contributed by atoms with Crippen molar-refractivity contribution in [3.63, 3.8) is 0 Å². The van der Waals surface area contributed by atoms with Crippen LogP contribution in [0.3, 0.4) is 0 Å². The molecule has 0 aliphatic carbocycles. The number of ether oxygens (including phenoxy) is 1. The highest BCUT2D eigenvalue weighted by molar-refractivity contribution is 6.43. The minimum Gasteiger partial charge on any atom is -0.464 e. The lowest BCUT2D eigenvalue weighted by Crippen LogP contribution is -2.15. The quantitative estimate of drug-likeness (QED) is 0.519. The number of hydrazone groups is 1. The molecule has 0 fully saturated rings. The smallest absolute Gasteiger partial charge is 0.369 e. The summed E-state index contributed by atoms with van der Waals surface area (Å²) in [6.45, 7) is 0. The first-order valence-corrected chi connectivity index (χ1v) is 5.94. The van der Waals surface area contributed by atoms with Crippen LogP contribution in [-0.2, 0) is 9.53 Å². The molecule has 7 heteroatoms. The van der Waals surface area contributed by atoms with Crippen molar-refractivity contribution in [2.24, 2.45) is 5.10 Å². The molecule has 1 N–H and O–H groups in total. The number of anilines is 1. The summed E-state index contributed by atoms with van der Waals surface area (Å²) in [6, 6.07) is 10.5. The summed E-state index contributed by atoms with van der Waals surface area (Å²) >= 11 is 0. The summed E-state index contributed by atoms with van der Waals surface area (Å²) in [5.74, 6) is -0.181. The Hall–Kier alpha value is -3.27. The topological polar surface area (TPSA) is 100 Å². The number of rotatable bonds is 4. The van der Waals surface area contributed by atoms with E-state index in [4.69, 9.17) is 5.26 Å². The van der Waals surface area contributed by atoms with Crippen LogP contribution in [0.2, 0.25) is 0 Å². The van der Waals surface area contributed by atoms with Gasteiger partial charge in [0.25, 0.3) is 0 Å². The number of carbonyl (C=O) groups excluding carboxylic acids is 1. The van der Waals surface area contributed by atoms with Gasteiger partial charge in [0, 0.05) is 18.0 Å². The van der Waals surface area contributed by atoms with Crippen molar-refractivity contribution in [3.05, 3.63) is 42.7 Å². The number of carbonyl (C=O) groups is 1. The molecule has 0 spiro atoms. The summed E-state index contributed by atoms with van der Waals surface area (Å²) in [4.78, 5) is 19.4. The van der Waals surface area contributed by atoms with E-state index in [0.717, 1.165) is 5.56 Å². The van der Waals surface area contributed by atoms with E-state index in [9.17, 15) is 4.79 Å². The molecule has 0 unspecified atom stereocenters. The monoisotopic (exact) mass is 281 g/mol. The molecule has 0 saturated carbocycles. The first kappa shape index (κ1) is 14.1. The van der Waals surface area contributed by atoms with Crippen LogP contribution in [0, 0.1) is 11.3 Å². The Morgan fingerprint density at radius 1 is 1.29 bits per heavy atom. The van der Waals surface area contributed by atoms with Gasteiger partial charge in [-0.1, -0.05) is 0 Å². The van der Waals surface area contributed by atoms with Crippen LogP contribution in [0.1, 0.15) is 0 Å². The predicted octanol–water partition coefficient (Wildman–Crippen LogP) is 1.61. The van der Waals surface area contributed by atoms with Gasteiger partial charge in [0.15, 0.2) is 5.82 Å². The van der Waals surface area contributed by atoms with E-state index in [-0.39, 0.29) is 5.71 Å². The Balaban J connectivity index is 2.12. The van der Waals surface area contributed by atoms with E-state index in [0.29, 0.717) is 11.5 Å². The number of methoxy groups -OCH3 is 1. The van der Waals surface area contributed by atoms with Crippen LogP contribution in [0.25, 0.3) is 11.4 Å². The maximum atomic E-state index is 11.2. The highest BCUT2D eigenvalue weighted by Crippen LogP contribution is 2.17. The Morgan fingerprint density at radius 3 is 2.52 bits per heavy atom. The number of nitrogens with zero attached hydrogens (tertiary/aromatic N) is 4. The highest BCUT2D eigenvalue weighted by Gasteiger charge is 2.10. The molecule has 1 heterocycles. The fourth-order valence-electron chi connectivity index (χ4n) is 1.48. The molecule has 1 aromatic carbocycles. The van der Waals surface area contributed by atoms with Gasteiger partial charge in [0.2, 0.25) is 5.71 Å². The lowest BCUT2D eigenvalue weighted by atomic mass is 10.2. The van der Waals surface area contributed by atoms with Crippen molar-refractivity contribution in [3.8, 4) is 17.5 Å². The lowest BCUT2D eigenvalue weighted by Gasteiger charge is -2.03. The highest BCUT2D eigenvalue weighted by atomic mass is 16.5. The molecule has 0 saturated heterocycles. The van der Waals surface area contributed by atoms with Gasteiger partial charge in [-0.3, -0.25) is 5.43 Å². The molecular formula is C14H11N5O2. The number of hydrogen-bond donors (Lipinski definition) is 1. The third-order valence-corrected chi connectivity index (χ3v) is 2.49. The van der Waals surface area contributed by atoms with Crippen LogP contribution in [0.15, 0.2) is 47.8 Å². The minimum absolute atomic E-state index is 0.354. The molecule has 7 nitrogen and oxygen atoms in total. The van der Waals surface area contributed by atoms with Crippen molar-refractivity contribution in [2.75, 3.05) is 12.5 Å². The third kappa shape index (κ3) is 3.61. The molecule has 0 atom stereocenters. The molecule has 0 radical (unpaired) electrons. The zero-order valence-corrected chi connectivity index (χ0v) is 11.1. The predicted molar refractivity (Wildman–Crippen MR) is 76.2 cm³/mol. The molecule has 1 aromatic heterocycles. The zero-order valence-electron chi connectivity index (χ0n) is 11.1. The van der Waals surface area contributed by atoms with Crippen LogP contribution < -0.4 is 5.43 Å². The van der Waals surface area contributed by atoms with E-state index in [1.54, 1.807) is 48.8 Å². The van der Waals surface area contributed by atoms with E-state index in [1.165, 1.54) is 7.11 Å². The molecule has 104 valence electrons. The Morgan fingerprint density at radius 2 is 1.95 bits per heavy atom. The van der Waals surface area contributed by atoms with E-state index < -0.39 is 5.97 Å². The average Bonchev–Trinajstić information content (AvgIpc) is 2.56. The van der Waals surface area contributed by atoms with Gasteiger partial charge in [-0.05, 0) is 30.3 Å².